The quantitative estimate of drug-likeness (QED) is 0.667. The minimum absolute atomic E-state index is 0. The Balaban J connectivity index is 0.00000196. The van der Waals surface area contributed by atoms with Crippen molar-refractivity contribution in [2.45, 2.75) is 23.8 Å². The zero-order chi connectivity index (χ0) is 17.4. The maximum absolute atomic E-state index is 11.7. The average Bonchev–Trinajstić information content (AvgIpc) is 3.19. The molecule has 0 amide bonds. The van der Waals surface area contributed by atoms with Crippen molar-refractivity contribution in [1.82, 2.24) is 4.90 Å². The van der Waals surface area contributed by atoms with Gasteiger partial charge < -0.3 is 10.0 Å². The van der Waals surface area contributed by atoms with Gasteiger partial charge in [0.1, 0.15) is 0 Å². The molecule has 0 spiro atoms. The van der Waals surface area contributed by atoms with Crippen LogP contribution in [-0.4, -0.2) is 33.5 Å². The summed E-state index contributed by atoms with van der Waals surface area (Å²) in [6, 6.07) is 15.8. The number of rotatable bonds is 4. The number of halogens is 3. The van der Waals surface area contributed by atoms with E-state index in [0.29, 0.717) is 10.0 Å². The van der Waals surface area contributed by atoms with Gasteiger partial charge in [-0.1, -0.05) is 71.4 Å². The monoisotopic (exact) mass is 472 g/mol. The second-order valence-corrected chi connectivity index (χ2v) is 8.29. The molecule has 1 saturated heterocycles. The van der Waals surface area contributed by atoms with Crippen LogP contribution in [0.1, 0.15) is 17.5 Å². The number of thioether (sulfide) groups is 1. The molecular formula is C19H19BrCl2N2OS. The molecule has 0 aliphatic carbocycles. The molecule has 2 aliphatic heterocycles. The van der Waals surface area contributed by atoms with E-state index in [1.54, 1.807) is 23.9 Å². The molecule has 2 heterocycles. The summed E-state index contributed by atoms with van der Waals surface area (Å²) < 4.78 is 0. The van der Waals surface area contributed by atoms with E-state index in [0.717, 1.165) is 36.7 Å². The summed E-state index contributed by atoms with van der Waals surface area (Å²) >= 11 is 13.9. The summed E-state index contributed by atoms with van der Waals surface area (Å²) in [5.74, 6) is 0. The van der Waals surface area contributed by atoms with Crippen LogP contribution in [0.3, 0.4) is 0 Å². The van der Waals surface area contributed by atoms with Crippen LogP contribution in [0.4, 0.5) is 0 Å². The average molecular weight is 474 g/mol. The van der Waals surface area contributed by atoms with E-state index < -0.39 is 5.72 Å². The molecule has 4 rings (SSSR count). The molecule has 3 nitrogen and oxygen atoms in total. The van der Waals surface area contributed by atoms with Gasteiger partial charge in [0.15, 0.2) is 10.9 Å². The number of benzene rings is 2. The Hall–Kier alpha value is -0.720. The third kappa shape index (κ3) is 3.52. The van der Waals surface area contributed by atoms with Gasteiger partial charge >= 0.3 is 0 Å². The van der Waals surface area contributed by atoms with Crippen LogP contribution in [0.25, 0.3) is 0 Å². The number of fused-ring (bicyclic) bond motifs is 1. The van der Waals surface area contributed by atoms with Crippen molar-refractivity contribution in [1.29, 1.82) is 0 Å². The fourth-order valence-corrected chi connectivity index (χ4v) is 5.24. The largest absolute Gasteiger partial charge is 0.366 e. The van der Waals surface area contributed by atoms with Gasteiger partial charge in [0.05, 0.1) is 21.8 Å². The fraction of sp³-hybridized carbons (Fsp3) is 0.316. The third-order valence-corrected chi connectivity index (χ3v) is 6.94. The standard InChI is InChI=1S/C19H18Cl2N2OS.BrH/c20-15-8-7-14(12-16(15)21)19(24)17(25-18-22-10-11-23(18)19)9-6-13-4-2-1-3-5-13;/h1-5,7-8,12,17,24H,6,9-11H2;1H. The Kier molecular flexibility index (Phi) is 6.25. The normalized spacial score (nSPS) is 24.2. The highest BCUT2D eigenvalue weighted by molar-refractivity contribution is 8.93. The molecular weight excluding hydrogens is 455 g/mol. The molecule has 0 bridgehead atoms. The molecule has 138 valence electrons. The lowest BCUT2D eigenvalue weighted by Crippen LogP contribution is -2.48. The zero-order valence-electron chi connectivity index (χ0n) is 13.9. The smallest absolute Gasteiger partial charge is 0.178 e. The van der Waals surface area contributed by atoms with Crippen molar-refractivity contribution in [2.24, 2.45) is 4.99 Å². The topological polar surface area (TPSA) is 35.8 Å². The highest BCUT2D eigenvalue weighted by Crippen LogP contribution is 2.48. The second-order valence-electron chi connectivity index (χ2n) is 6.30. The fourth-order valence-electron chi connectivity index (χ4n) is 3.50. The molecule has 2 aromatic rings. The van der Waals surface area contributed by atoms with Crippen LogP contribution < -0.4 is 0 Å². The Morgan fingerprint density at radius 2 is 1.92 bits per heavy atom. The van der Waals surface area contributed by atoms with Gasteiger partial charge in [-0.3, -0.25) is 4.99 Å². The highest BCUT2D eigenvalue weighted by Gasteiger charge is 2.53. The lowest BCUT2D eigenvalue weighted by molar-refractivity contribution is -0.0671. The highest BCUT2D eigenvalue weighted by atomic mass is 79.9. The van der Waals surface area contributed by atoms with E-state index in [2.05, 4.69) is 17.1 Å². The molecule has 0 saturated carbocycles. The number of nitrogens with zero attached hydrogens (tertiary/aromatic N) is 2. The molecule has 2 aliphatic rings. The van der Waals surface area contributed by atoms with Crippen LogP contribution >= 0.6 is 51.9 Å². The first-order valence-corrected chi connectivity index (χ1v) is 9.93. The number of aliphatic hydroxyl groups is 1. The molecule has 1 fully saturated rings. The second kappa shape index (κ2) is 8.11. The lowest BCUT2D eigenvalue weighted by atomic mass is 9.93. The summed E-state index contributed by atoms with van der Waals surface area (Å²) in [7, 11) is 0. The van der Waals surface area contributed by atoms with Crippen LogP contribution in [0.5, 0.6) is 0 Å². The summed E-state index contributed by atoms with van der Waals surface area (Å²) in [6.07, 6.45) is 1.75. The van der Waals surface area contributed by atoms with Gasteiger partial charge in [0.2, 0.25) is 0 Å². The van der Waals surface area contributed by atoms with Crippen molar-refractivity contribution < 1.29 is 5.11 Å². The summed E-state index contributed by atoms with van der Waals surface area (Å²) in [4.78, 5) is 6.56. The predicted octanol–water partition coefficient (Wildman–Crippen LogP) is 5.14. The van der Waals surface area contributed by atoms with Gasteiger partial charge in [-0.15, -0.1) is 17.0 Å². The molecule has 0 aromatic heterocycles. The number of aliphatic imine (C=N–C) groups is 1. The van der Waals surface area contributed by atoms with Gasteiger partial charge in [0.25, 0.3) is 0 Å². The maximum atomic E-state index is 11.7. The third-order valence-electron chi connectivity index (χ3n) is 4.79. The van der Waals surface area contributed by atoms with E-state index in [4.69, 9.17) is 23.2 Å². The van der Waals surface area contributed by atoms with E-state index in [1.807, 2.05) is 29.2 Å². The van der Waals surface area contributed by atoms with Crippen molar-refractivity contribution >= 4 is 57.1 Å². The van der Waals surface area contributed by atoms with Crippen LogP contribution in [0.15, 0.2) is 53.5 Å². The first-order chi connectivity index (χ1) is 12.1. The number of hydrogen-bond donors (Lipinski definition) is 1. The predicted molar refractivity (Wildman–Crippen MR) is 116 cm³/mol. The molecule has 2 unspecified atom stereocenters. The van der Waals surface area contributed by atoms with E-state index in [1.165, 1.54) is 5.56 Å². The molecule has 0 radical (unpaired) electrons. The van der Waals surface area contributed by atoms with Crippen molar-refractivity contribution in [3.8, 4) is 0 Å². The molecule has 1 N–H and O–H groups in total. The Morgan fingerprint density at radius 1 is 1.15 bits per heavy atom. The van der Waals surface area contributed by atoms with Gasteiger partial charge in [-0.2, -0.15) is 0 Å². The summed E-state index contributed by atoms with van der Waals surface area (Å²) in [5.41, 5.74) is 0.941. The number of amidine groups is 1. The lowest BCUT2D eigenvalue weighted by Gasteiger charge is -2.36. The van der Waals surface area contributed by atoms with Gasteiger partial charge in [-0.05, 0) is 30.5 Å². The maximum Gasteiger partial charge on any atom is 0.178 e. The minimum Gasteiger partial charge on any atom is -0.366 e. The molecule has 26 heavy (non-hydrogen) atoms. The van der Waals surface area contributed by atoms with Crippen molar-refractivity contribution in [3.05, 3.63) is 69.7 Å². The minimum atomic E-state index is -1.11. The number of hydrogen-bond acceptors (Lipinski definition) is 4. The van der Waals surface area contributed by atoms with Crippen LogP contribution in [0, 0.1) is 0 Å². The molecule has 2 aromatic carbocycles. The first kappa shape index (κ1) is 20.0. The first-order valence-electron chi connectivity index (χ1n) is 8.29. The van der Waals surface area contributed by atoms with E-state index in [-0.39, 0.29) is 22.2 Å². The SMILES string of the molecule is Br.OC1(c2ccc(Cl)c(Cl)c2)C(CCc2ccccc2)SC2=NCCN21. The van der Waals surface area contributed by atoms with E-state index in [9.17, 15) is 5.11 Å². The Bertz CT molecular complexity index is 820. The van der Waals surface area contributed by atoms with E-state index >= 15 is 0 Å². The Labute approximate surface area is 178 Å². The van der Waals surface area contributed by atoms with Crippen molar-refractivity contribution in [2.75, 3.05) is 13.1 Å². The zero-order valence-corrected chi connectivity index (χ0v) is 18.0. The summed E-state index contributed by atoms with van der Waals surface area (Å²) in [5, 5.41) is 13.6. The van der Waals surface area contributed by atoms with Gasteiger partial charge in [0, 0.05) is 12.1 Å². The molecule has 7 heteroatoms. The van der Waals surface area contributed by atoms with Crippen LogP contribution in [0.2, 0.25) is 10.0 Å². The number of aryl methyl sites for hydroxylation is 1. The van der Waals surface area contributed by atoms with Crippen molar-refractivity contribution in [3.63, 3.8) is 0 Å². The summed E-state index contributed by atoms with van der Waals surface area (Å²) in [6.45, 7) is 1.44. The van der Waals surface area contributed by atoms with Crippen LogP contribution in [-0.2, 0) is 12.1 Å². The Morgan fingerprint density at radius 3 is 2.65 bits per heavy atom. The van der Waals surface area contributed by atoms with Gasteiger partial charge in [-0.25, -0.2) is 0 Å². The molecule has 2 atom stereocenters.